The van der Waals surface area contributed by atoms with Crippen molar-refractivity contribution in [2.24, 2.45) is 34.4 Å². The standard InChI is InChI=1S/C52H67N15O12/c53-22-4-1-19-50(56,37(68)25-34-41(71)65-47(77)62-34)44(74)59-31-13-7-28(8-14-31)40(29-9-15-32(16-10-29)60-45(75)51(57,20-2-5-23-54)38(69)26-35-42(72)66-48(78)63-35)30-11-17-33(18-12-30)61-46(76)52(58,21-3-6-24-55)39(70)27-36-43(73)67-49(79)64-36/h7-18,34-36,40H,1-6,19-27,53-58H2,(H,59,74)(H,60,75)(H,61,76)(H2,62,65,71,77)(H2,63,66,72,78)(H2,64,67,73,79)/t34?,35?,36?,40?,50-,51-,52-/m0/s1. The second-order valence-corrected chi connectivity index (χ2v) is 19.7. The summed E-state index contributed by atoms with van der Waals surface area (Å²) in [7, 11) is 0. The minimum Gasteiger partial charge on any atom is -0.330 e. The Morgan fingerprint density at radius 3 is 0.848 bits per heavy atom. The lowest BCUT2D eigenvalue weighted by atomic mass is 9.83. The zero-order chi connectivity index (χ0) is 57.7. The Morgan fingerprint density at radius 2 is 0.646 bits per heavy atom. The second kappa shape index (κ2) is 26.3. The molecule has 21 N–H and O–H groups in total. The number of anilines is 3. The third kappa shape index (κ3) is 14.6. The van der Waals surface area contributed by atoms with Crippen LogP contribution in [0.3, 0.4) is 0 Å². The van der Waals surface area contributed by atoms with Gasteiger partial charge in [-0.25, -0.2) is 14.4 Å². The number of nitrogens with one attached hydrogen (secondary N) is 9. The fraction of sp³-hybridized carbons (Fsp3) is 0.423. The molecule has 0 saturated carbocycles. The highest BCUT2D eigenvalue weighted by atomic mass is 16.2. The van der Waals surface area contributed by atoms with Crippen molar-refractivity contribution < 1.29 is 57.5 Å². The number of hydrogen-bond acceptors (Lipinski definition) is 18. The van der Waals surface area contributed by atoms with Crippen LogP contribution in [-0.2, 0) is 43.2 Å². The van der Waals surface area contributed by atoms with E-state index in [0.29, 0.717) is 55.2 Å². The summed E-state index contributed by atoms with van der Waals surface area (Å²) in [5, 5.41) is 21.3. The Labute approximate surface area is 453 Å². The molecule has 0 aliphatic carbocycles. The molecule has 0 spiro atoms. The van der Waals surface area contributed by atoms with Gasteiger partial charge >= 0.3 is 18.1 Å². The van der Waals surface area contributed by atoms with E-state index in [1.807, 2.05) is 0 Å². The van der Waals surface area contributed by atoms with E-state index < -0.39 is 131 Å². The van der Waals surface area contributed by atoms with Gasteiger partial charge in [-0.3, -0.25) is 59.1 Å². The molecular formula is C52H67N15O12. The lowest BCUT2D eigenvalue weighted by Crippen LogP contribution is -2.58. The van der Waals surface area contributed by atoms with E-state index in [1.165, 1.54) is 0 Å². The van der Waals surface area contributed by atoms with E-state index in [2.05, 4.69) is 47.9 Å². The van der Waals surface area contributed by atoms with Crippen LogP contribution in [0.25, 0.3) is 0 Å². The van der Waals surface area contributed by atoms with Gasteiger partial charge in [-0.2, -0.15) is 0 Å². The molecule has 79 heavy (non-hydrogen) atoms. The maximum absolute atomic E-state index is 13.9. The monoisotopic (exact) mass is 1090 g/mol. The predicted molar refractivity (Wildman–Crippen MR) is 286 cm³/mol. The smallest absolute Gasteiger partial charge is 0.322 e. The van der Waals surface area contributed by atoms with Crippen LogP contribution in [0.1, 0.15) is 99.7 Å². The molecule has 3 aliphatic heterocycles. The summed E-state index contributed by atoms with van der Waals surface area (Å²) in [4.78, 5) is 155. The third-order valence-electron chi connectivity index (χ3n) is 14.0. The summed E-state index contributed by atoms with van der Waals surface area (Å²) in [6.45, 7) is 0.784. The largest absolute Gasteiger partial charge is 0.330 e. The van der Waals surface area contributed by atoms with Crippen molar-refractivity contribution in [2.75, 3.05) is 35.6 Å². The lowest BCUT2D eigenvalue weighted by molar-refractivity contribution is -0.136. The molecule has 3 aromatic rings. The Hall–Kier alpha value is -8.34. The van der Waals surface area contributed by atoms with Crippen LogP contribution in [-0.4, -0.2) is 125 Å². The average molecular weight is 1090 g/mol. The first-order chi connectivity index (χ1) is 37.5. The average Bonchev–Trinajstić information content (AvgIpc) is 4.06. The van der Waals surface area contributed by atoms with Crippen molar-refractivity contribution in [1.29, 1.82) is 0 Å². The second-order valence-electron chi connectivity index (χ2n) is 19.7. The van der Waals surface area contributed by atoms with Crippen LogP contribution in [0.4, 0.5) is 31.4 Å². The number of hydrogen-bond donors (Lipinski definition) is 15. The summed E-state index contributed by atoms with van der Waals surface area (Å²) in [6.07, 6.45) is 0.230. The van der Waals surface area contributed by atoms with Gasteiger partial charge in [0.15, 0.2) is 34.0 Å². The minimum atomic E-state index is -2.12. The van der Waals surface area contributed by atoms with Gasteiger partial charge in [-0.15, -0.1) is 0 Å². The summed E-state index contributed by atoms with van der Waals surface area (Å²) in [5.41, 5.74) is 33.0. The number of amides is 12. The van der Waals surface area contributed by atoms with Crippen LogP contribution in [0.2, 0.25) is 0 Å². The number of benzene rings is 3. The van der Waals surface area contributed by atoms with Crippen molar-refractivity contribution in [1.82, 2.24) is 31.9 Å². The number of imide groups is 3. The molecule has 3 aromatic carbocycles. The number of urea groups is 3. The minimum absolute atomic E-state index is 0.115. The lowest BCUT2D eigenvalue weighted by Gasteiger charge is -2.28. The number of ketones is 3. The Balaban J connectivity index is 1.28. The zero-order valence-corrected chi connectivity index (χ0v) is 43.2. The molecule has 3 saturated heterocycles. The number of Topliss-reactive ketones (excluding diaryl/α,β-unsaturated/α-hetero) is 3. The van der Waals surface area contributed by atoms with Crippen LogP contribution >= 0.6 is 0 Å². The van der Waals surface area contributed by atoms with E-state index in [9.17, 15) is 57.5 Å². The van der Waals surface area contributed by atoms with Gasteiger partial charge in [-0.05, 0) is 131 Å². The predicted octanol–water partition coefficient (Wildman–Crippen LogP) is -1.34. The molecule has 3 aliphatic rings. The molecule has 3 fully saturated rings. The molecule has 27 heteroatoms. The highest BCUT2D eigenvalue weighted by Gasteiger charge is 2.47. The quantitative estimate of drug-likeness (QED) is 0.0159. The molecular weight excluding hydrogens is 1030 g/mol. The molecule has 12 amide bonds. The van der Waals surface area contributed by atoms with Crippen LogP contribution in [0.5, 0.6) is 0 Å². The van der Waals surface area contributed by atoms with Gasteiger partial charge in [-0.1, -0.05) is 36.4 Å². The van der Waals surface area contributed by atoms with E-state index in [4.69, 9.17) is 34.4 Å². The van der Waals surface area contributed by atoms with Gasteiger partial charge in [0.2, 0.25) is 0 Å². The van der Waals surface area contributed by atoms with Crippen LogP contribution in [0.15, 0.2) is 72.8 Å². The van der Waals surface area contributed by atoms with Gasteiger partial charge < -0.3 is 66.3 Å². The molecule has 3 heterocycles. The van der Waals surface area contributed by atoms with Crippen molar-refractivity contribution in [3.8, 4) is 0 Å². The SMILES string of the molecule is NCCCC[C@](N)(C(=O)CC1NC(=O)NC1=O)C(=O)Nc1ccc(C(c2ccc(NC(=O)[C@](N)(CCCCN)C(=O)CC3NC(=O)NC3=O)cc2)c2ccc(NC(=O)[C@](N)(CCCCN)C(=O)CC3NC(=O)NC3=O)cc2)cc1. The summed E-state index contributed by atoms with van der Waals surface area (Å²) in [6, 6.07) is 13.6. The summed E-state index contributed by atoms with van der Waals surface area (Å²) in [5.74, 6) is -7.79. The van der Waals surface area contributed by atoms with Crippen molar-refractivity contribution in [3.05, 3.63) is 89.5 Å². The molecule has 27 nitrogen and oxygen atoms in total. The highest BCUT2D eigenvalue weighted by molar-refractivity contribution is 6.19. The number of nitrogens with two attached hydrogens (primary N) is 6. The zero-order valence-electron chi connectivity index (χ0n) is 43.2. The van der Waals surface area contributed by atoms with Crippen LogP contribution in [0, 0.1) is 0 Å². The summed E-state index contributed by atoms with van der Waals surface area (Å²) >= 11 is 0. The van der Waals surface area contributed by atoms with Crippen LogP contribution < -0.4 is 82.3 Å². The first-order valence-corrected chi connectivity index (χ1v) is 25.7. The summed E-state index contributed by atoms with van der Waals surface area (Å²) < 4.78 is 0. The number of unbranched alkanes of at least 4 members (excludes halogenated alkanes) is 3. The Morgan fingerprint density at radius 1 is 0.405 bits per heavy atom. The number of carbonyl (C=O) groups excluding carboxylic acids is 12. The number of carbonyl (C=O) groups is 12. The molecule has 0 radical (unpaired) electrons. The maximum Gasteiger partial charge on any atom is 0.322 e. The Kier molecular flexibility index (Phi) is 20.0. The fourth-order valence-corrected chi connectivity index (χ4v) is 9.28. The molecule has 0 bridgehead atoms. The molecule has 6 rings (SSSR count). The fourth-order valence-electron chi connectivity index (χ4n) is 9.28. The molecule has 422 valence electrons. The molecule has 6 atom stereocenters. The topological polar surface area (TPSA) is 469 Å². The Bertz CT molecular complexity index is 2550. The van der Waals surface area contributed by atoms with E-state index >= 15 is 0 Å². The van der Waals surface area contributed by atoms with E-state index in [1.54, 1.807) is 72.8 Å². The first kappa shape index (κ1) is 59.9. The van der Waals surface area contributed by atoms with E-state index in [-0.39, 0.29) is 56.0 Å². The molecule has 0 aromatic heterocycles. The van der Waals surface area contributed by atoms with Gasteiger partial charge in [0.25, 0.3) is 35.4 Å². The maximum atomic E-state index is 13.9. The molecule has 3 unspecified atom stereocenters. The van der Waals surface area contributed by atoms with E-state index in [0.717, 1.165) is 0 Å². The van der Waals surface area contributed by atoms with Gasteiger partial charge in [0.1, 0.15) is 18.1 Å². The van der Waals surface area contributed by atoms with Crippen molar-refractivity contribution in [2.45, 2.75) is 118 Å². The van der Waals surface area contributed by atoms with Gasteiger partial charge in [0, 0.05) is 42.2 Å². The highest BCUT2D eigenvalue weighted by Crippen LogP contribution is 2.35. The normalized spacial score (nSPS) is 19.4. The first-order valence-electron chi connectivity index (χ1n) is 25.7. The third-order valence-corrected chi connectivity index (χ3v) is 14.0. The van der Waals surface area contributed by atoms with Gasteiger partial charge in [0.05, 0.1) is 0 Å². The number of rotatable bonds is 30. The van der Waals surface area contributed by atoms with Crippen molar-refractivity contribution in [3.63, 3.8) is 0 Å². The van der Waals surface area contributed by atoms with Crippen molar-refractivity contribution >= 4 is 87.9 Å².